The zero-order chi connectivity index (χ0) is 17.6. The molecule has 0 bridgehead atoms. The maximum Gasteiger partial charge on any atom is 0.134 e. The van der Waals surface area contributed by atoms with Gasteiger partial charge in [-0.1, -0.05) is 41.9 Å². The number of hydrogen-bond acceptors (Lipinski definition) is 5. The summed E-state index contributed by atoms with van der Waals surface area (Å²) in [5, 5.41) is 0.521. The molecule has 5 nitrogen and oxygen atoms in total. The average molecular weight is 360 g/mol. The molecule has 1 aromatic carbocycles. The molecule has 2 aromatic rings. The number of piperazine rings is 1. The Kier molecular flexibility index (Phi) is 6.24. The second kappa shape index (κ2) is 8.61. The van der Waals surface area contributed by atoms with E-state index in [0.29, 0.717) is 5.15 Å². The normalized spacial score (nSPS) is 15.8. The van der Waals surface area contributed by atoms with E-state index in [1.165, 1.54) is 5.56 Å². The van der Waals surface area contributed by atoms with Crippen LogP contribution in [-0.4, -0.2) is 66.1 Å². The number of aryl methyl sites for hydroxylation is 1. The van der Waals surface area contributed by atoms with Gasteiger partial charge in [0.15, 0.2) is 0 Å². The summed E-state index contributed by atoms with van der Waals surface area (Å²) in [4.78, 5) is 15.8. The van der Waals surface area contributed by atoms with Crippen LogP contribution in [0.15, 0.2) is 36.4 Å². The van der Waals surface area contributed by atoms with Gasteiger partial charge in [0.25, 0.3) is 0 Å². The molecule has 0 atom stereocenters. The Morgan fingerprint density at radius 3 is 2.48 bits per heavy atom. The highest BCUT2D eigenvalue weighted by atomic mass is 35.5. The van der Waals surface area contributed by atoms with Crippen LogP contribution < -0.4 is 4.90 Å². The summed E-state index contributed by atoms with van der Waals surface area (Å²) in [6.45, 7) is 9.13. The van der Waals surface area contributed by atoms with Crippen molar-refractivity contribution in [3.63, 3.8) is 0 Å². The lowest BCUT2D eigenvalue weighted by Crippen LogP contribution is -2.48. The van der Waals surface area contributed by atoms with Crippen LogP contribution in [0.1, 0.15) is 11.4 Å². The standard InChI is InChI=1S/C19H26ClN5/c1-16-21-18(20)14-19(22-16)25-12-10-24(11-13-25)9-8-23(2)15-17-6-4-3-5-7-17/h3-7,14H,8-13,15H2,1-2H3. The molecule has 2 heterocycles. The molecule has 0 amide bonds. The SMILES string of the molecule is Cc1nc(Cl)cc(N2CCN(CCN(C)Cc3ccccc3)CC2)n1. The maximum atomic E-state index is 6.06. The molecule has 25 heavy (non-hydrogen) atoms. The monoisotopic (exact) mass is 359 g/mol. The van der Waals surface area contributed by atoms with Gasteiger partial charge in [-0.2, -0.15) is 0 Å². The lowest BCUT2D eigenvalue weighted by atomic mass is 10.2. The van der Waals surface area contributed by atoms with Crippen LogP contribution in [0.5, 0.6) is 0 Å². The molecular weight excluding hydrogens is 334 g/mol. The van der Waals surface area contributed by atoms with Crippen LogP contribution >= 0.6 is 11.6 Å². The molecule has 0 spiro atoms. The molecule has 0 aliphatic carbocycles. The van der Waals surface area contributed by atoms with Gasteiger partial charge in [0.2, 0.25) is 0 Å². The Balaban J connectivity index is 1.43. The van der Waals surface area contributed by atoms with Gasteiger partial charge < -0.3 is 9.80 Å². The molecule has 1 saturated heterocycles. The van der Waals surface area contributed by atoms with Gasteiger partial charge in [-0.15, -0.1) is 0 Å². The average Bonchev–Trinajstić information content (AvgIpc) is 2.60. The number of aromatic nitrogens is 2. The lowest BCUT2D eigenvalue weighted by molar-refractivity contribution is 0.212. The van der Waals surface area contributed by atoms with Crippen LogP contribution in [0, 0.1) is 6.92 Å². The van der Waals surface area contributed by atoms with Crippen molar-refractivity contribution in [3.05, 3.63) is 52.9 Å². The molecule has 1 fully saturated rings. The van der Waals surface area contributed by atoms with E-state index in [4.69, 9.17) is 11.6 Å². The van der Waals surface area contributed by atoms with Crippen molar-refractivity contribution < 1.29 is 0 Å². The summed E-state index contributed by atoms with van der Waals surface area (Å²) in [6, 6.07) is 12.5. The number of halogens is 1. The molecule has 0 saturated carbocycles. The highest BCUT2D eigenvalue weighted by molar-refractivity contribution is 6.29. The van der Waals surface area contributed by atoms with E-state index >= 15 is 0 Å². The fraction of sp³-hybridized carbons (Fsp3) is 0.474. The van der Waals surface area contributed by atoms with Crippen LogP contribution in [0.25, 0.3) is 0 Å². The Hall–Kier alpha value is -1.69. The van der Waals surface area contributed by atoms with E-state index in [9.17, 15) is 0 Å². The molecule has 3 rings (SSSR count). The topological polar surface area (TPSA) is 35.5 Å². The van der Waals surface area contributed by atoms with Gasteiger partial charge in [-0.3, -0.25) is 4.90 Å². The van der Waals surface area contributed by atoms with Gasteiger partial charge >= 0.3 is 0 Å². The Labute approximate surface area is 155 Å². The quantitative estimate of drug-likeness (QED) is 0.741. The summed E-state index contributed by atoms with van der Waals surface area (Å²) < 4.78 is 0. The molecule has 6 heteroatoms. The zero-order valence-electron chi connectivity index (χ0n) is 15.0. The molecule has 0 unspecified atom stereocenters. The molecule has 134 valence electrons. The highest BCUT2D eigenvalue weighted by Gasteiger charge is 2.19. The molecule has 0 radical (unpaired) electrons. The second-order valence-electron chi connectivity index (χ2n) is 6.65. The minimum atomic E-state index is 0.521. The summed E-state index contributed by atoms with van der Waals surface area (Å²) >= 11 is 6.06. The third-order valence-corrected chi connectivity index (χ3v) is 4.78. The third-order valence-electron chi connectivity index (χ3n) is 4.58. The first kappa shape index (κ1) is 18.1. The predicted octanol–water partition coefficient (Wildman–Crippen LogP) is 2.69. The number of hydrogen-bond donors (Lipinski definition) is 0. The van der Waals surface area contributed by atoms with E-state index in [1.807, 2.05) is 13.0 Å². The van der Waals surface area contributed by atoms with E-state index in [1.54, 1.807) is 0 Å². The molecular formula is C19H26ClN5. The van der Waals surface area contributed by atoms with Crippen molar-refractivity contribution in [1.82, 2.24) is 19.8 Å². The summed E-state index contributed by atoms with van der Waals surface area (Å²) in [5.41, 5.74) is 1.37. The Morgan fingerprint density at radius 1 is 1.08 bits per heavy atom. The van der Waals surface area contributed by atoms with Crippen LogP contribution in [-0.2, 0) is 6.54 Å². The zero-order valence-corrected chi connectivity index (χ0v) is 15.8. The van der Waals surface area contributed by atoms with E-state index < -0.39 is 0 Å². The van der Waals surface area contributed by atoms with Gasteiger partial charge in [-0.05, 0) is 19.5 Å². The predicted molar refractivity (Wildman–Crippen MR) is 103 cm³/mol. The van der Waals surface area contributed by atoms with Crippen LogP contribution in [0.2, 0.25) is 5.15 Å². The first-order valence-corrected chi connectivity index (χ1v) is 9.19. The third kappa shape index (κ3) is 5.39. The van der Waals surface area contributed by atoms with Crippen molar-refractivity contribution in [2.24, 2.45) is 0 Å². The van der Waals surface area contributed by atoms with Crippen molar-refractivity contribution in [1.29, 1.82) is 0 Å². The lowest BCUT2D eigenvalue weighted by Gasteiger charge is -2.36. The summed E-state index contributed by atoms with van der Waals surface area (Å²) in [7, 11) is 2.19. The smallest absolute Gasteiger partial charge is 0.134 e. The fourth-order valence-electron chi connectivity index (χ4n) is 3.17. The van der Waals surface area contributed by atoms with Crippen molar-refractivity contribution in [2.75, 3.05) is 51.2 Å². The summed E-state index contributed by atoms with van der Waals surface area (Å²) in [6.07, 6.45) is 0. The number of nitrogens with zero attached hydrogens (tertiary/aromatic N) is 5. The molecule has 1 aromatic heterocycles. The number of benzene rings is 1. The van der Waals surface area contributed by atoms with Gasteiger partial charge in [0, 0.05) is 51.9 Å². The first-order chi connectivity index (χ1) is 12.1. The van der Waals surface area contributed by atoms with Crippen molar-refractivity contribution in [2.45, 2.75) is 13.5 Å². The Morgan fingerprint density at radius 2 is 1.80 bits per heavy atom. The van der Waals surface area contributed by atoms with Crippen LogP contribution in [0.3, 0.4) is 0 Å². The van der Waals surface area contributed by atoms with E-state index in [0.717, 1.165) is 57.5 Å². The second-order valence-corrected chi connectivity index (χ2v) is 7.04. The largest absolute Gasteiger partial charge is 0.354 e. The van der Waals surface area contributed by atoms with Crippen molar-refractivity contribution >= 4 is 17.4 Å². The maximum absolute atomic E-state index is 6.06. The van der Waals surface area contributed by atoms with Gasteiger partial charge in [0.05, 0.1) is 0 Å². The molecule has 0 N–H and O–H groups in total. The Bertz CT molecular complexity index is 651. The number of anilines is 1. The number of likely N-dealkylation sites (N-methyl/N-ethyl adjacent to an activating group) is 1. The van der Waals surface area contributed by atoms with Crippen LogP contribution in [0.4, 0.5) is 5.82 Å². The van der Waals surface area contributed by atoms with Gasteiger partial charge in [0.1, 0.15) is 16.8 Å². The minimum Gasteiger partial charge on any atom is -0.354 e. The summed E-state index contributed by atoms with van der Waals surface area (Å²) in [5.74, 6) is 1.67. The highest BCUT2D eigenvalue weighted by Crippen LogP contribution is 2.17. The van der Waals surface area contributed by atoms with E-state index in [2.05, 4.69) is 62.0 Å². The first-order valence-electron chi connectivity index (χ1n) is 8.81. The van der Waals surface area contributed by atoms with Gasteiger partial charge in [-0.25, -0.2) is 9.97 Å². The van der Waals surface area contributed by atoms with Crippen molar-refractivity contribution in [3.8, 4) is 0 Å². The molecule has 1 aliphatic heterocycles. The molecule has 1 aliphatic rings. The van der Waals surface area contributed by atoms with E-state index in [-0.39, 0.29) is 0 Å². The minimum absolute atomic E-state index is 0.521. The number of rotatable bonds is 6. The fourth-order valence-corrected chi connectivity index (χ4v) is 3.39.